The van der Waals surface area contributed by atoms with Crippen molar-refractivity contribution in [3.63, 3.8) is 0 Å². The third kappa shape index (κ3) is 10.8. The molecule has 0 heterocycles. The van der Waals surface area contributed by atoms with Crippen molar-refractivity contribution < 1.29 is 24.5 Å². The summed E-state index contributed by atoms with van der Waals surface area (Å²) in [5.74, 6) is 6.30. The predicted molar refractivity (Wildman–Crippen MR) is 250 cm³/mol. The van der Waals surface area contributed by atoms with Crippen LogP contribution in [0.3, 0.4) is 0 Å². The lowest BCUT2D eigenvalue weighted by atomic mass is 9.61. The Morgan fingerprint density at radius 2 is 1.31 bits per heavy atom. The van der Waals surface area contributed by atoms with Gasteiger partial charge in [-0.3, -0.25) is 4.79 Å². The van der Waals surface area contributed by atoms with Gasteiger partial charge in [0.15, 0.2) is 8.32 Å². The summed E-state index contributed by atoms with van der Waals surface area (Å²) in [6.07, 6.45) is 29.6. The molecule has 1 unspecified atom stereocenters. The maximum atomic E-state index is 9.83. The topological polar surface area (TPSA) is 87.0 Å². The van der Waals surface area contributed by atoms with E-state index in [1.165, 1.54) is 103 Å². The number of aliphatic hydroxyl groups is 2. The van der Waals surface area contributed by atoms with E-state index in [9.17, 15) is 10.2 Å². The van der Waals surface area contributed by atoms with E-state index in [1.807, 2.05) is 0 Å². The monoisotopic (exact) mass is 837 g/mol. The van der Waals surface area contributed by atoms with E-state index in [4.69, 9.17) is 14.3 Å². The Balaban J connectivity index is 0.000000211. The van der Waals surface area contributed by atoms with Gasteiger partial charge in [0.2, 0.25) is 0 Å². The Hall–Kier alpha value is -1.21. The third-order valence-corrected chi connectivity index (χ3v) is 23.2. The first kappa shape index (κ1) is 48.8. The smallest absolute Gasteiger partial charge is 0.300 e. The van der Waals surface area contributed by atoms with Crippen LogP contribution < -0.4 is 0 Å². The average Bonchev–Trinajstić information content (AvgIpc) is 3.37. The molecule has 3 N–H and O–H groups in total. The molecule has 0 radical (unpaired) electrons. The SMILES string of the molecule is CC(=O)O.C[C@@H]1CC(=C/C=C2\CCC[C@]3(C)[C@@H]([C@H](C)CO)CC[C@@H]23)C[C@@H](C)C1.C[C@H](CO)[C@H]1CC[C@H]2/C(=C/[C@@H](C)[C@]34CC3C[C@H](O[Si](C)(C)C(C)(C)C)C4)CCC[C@]12C. The van der Waals surface area contributed by atoms with Crippen LogP contribution in [0.2, 0.25) is 18.1 Å². The van der Waals surface area contributed by atoms with E-state index in [-0.39, 0.29) is 0 Å². The van der Waals surface area contributed by atoms with Gasteiger partial charge in [-0.25, -0.2) is 0 Å². The van der Waals surface area contributed by atoms with Gasteiger partial charge in [0.1, 0.15) is 0 Å². The Labute approximate surface area is 364 Å². The molecule has 0 aliphatic heterocycles. The fraction of sp³-hybridized carbons (Fsp3) is 0.868. The Bertz CT molecular complexity index is 1510. The van der Waals surface area contributed by atoms with Crippen LogP contribution >= 0.6 is 0 Å². The molecule has 14 atom stereocenters. The molecule has 7 aliphatic rings. The van der Waals surface area contributed by atoms with Crippen LogP contribution in [0, 0.1) is 75.4 Å². The van der Waals surface area contributed by atoms with E-state index < -0.39 is 14.3 Å². The summed E-state index contributed by atoms with van der Waals surface area (Å²) in [6.45, 7) is 30.7. The lowest BCUT2D eigenvalue weighted by molar-refractivity contribution is -0.134. The minimum atomic E-state index is -1.67. The zero-order chi connectivity index (χ0) is 43.7. The maximum absolute atomic E-state index is 9.83. The number of carboxylic acids is 1. The first-order valence-corrected chi connectivity index (χ1v) is 27.6. The van der Waals surface area contributed by atoms with Crippen molar-refractivity contribution in [2.24, 2.45) is 75.4 Å². The summed E-state index contributed by atoms with van der Waals surface area (Å²) in [6, 6.07) is 0. The van der Waals surface area contributed by atoms with Gasteiger partial charge >= 0.3 is 0 Å². The van der Waals surface area contributed by atoms with Crippen molar-refractivity contribution in [1.29, 1.82) is 0 Å². The number of hydrogen-bond donors (Lipinski definition) is 3. The highest BCUT2D eigenvalue weighted by Crippen LogP contribution is 2.69. The van der Waals surface area contributed by atoms with E-state index >= 15 is 0 Å². The number of fused-ring (bicyclic) bond motifs is 3. The second-order valence-electron chi connectivity index (χ2n) is 24.1. The largest absolute Gasteiger partial charge is 0.481 e. The minimum Gasteiger partial charge on any atom is -0.481 e. The van der Waals surface area contributed by atoms with Gasteiger partial charge in [0.25, 0.3) is 5.97 Å². The number of rotatable bonds is 9. The molecule has 59 heavy (non-hydrogen) atoms. The van der Waals surface area contributed by atoms with Crippen molar-refractivity contribution in [3.8, 4) is 0 Å². The molecule has 0 saturated heterocycles. The number of aliphatic carboxylic acids is 1. The van der Waals surface area contributed by atoms with Crippen LogP contribution in [-0.4, -0.2) is 48.9 Å². The van der Waals surface area contributed by atoms with Crippen molar-refractivity contribution in [1.82, 2.24) is 0 Å². The van der Waals surface area contributed by atoms with Crippen LogP contribution in [0.15, 0.2) is 34.9 Å². The van der Waals surface area contributed by atoms with Crippen LogP contribution in [0.5, 0.6) is 0 Å². The van der Waals surface area contributed by atoms with E-state index in [2.05, 4.69) is 101 Å². The Morgan fingerprint density at radius 3 is 1.80 bits per heavy atom. The second-order valence-corrected chi connectivity index (χ2v) is 28.8. The number of carbonyl (C=O) groups is 1. The molecule has 7 rings (SSSR count). The van der Waals surface area contributed by atoms with Crippen molar-refractivity contribution >= 4 is 14.3 Å². The standard InChI is InChI=1S/C28H50O2Si.C23H38O.C2H4O2/c1-19(18-29)24-11-12-25-21(10-9-13-27(24,25)6)14-20(2)28-16-22(28)15-23(17-28)30-31(7,8)26(3,4)5;1-16-12-17(2)14-19(13-16)7-8-20-6-5-11-23(4)21(18(3)15-24)9-10-22(20)23;1-2(3)4/h14,19-20,22-25,29H,9-13,15-18H2,1-8H3;7-8,16-18,21-22,24H,5-6,9-15H2,1-4H3;1H3,(H,3,4)/b21-14+;20-8+;/t19-,20-,22?,23+,24-,25+,27-,28-;16-,17-,18+,21+,22-,23+;/m10./s1. The summed E-state index contributed by atoms with van der Waals surface area (Å²) < 4.78 is 6.86. The summed E-state index contributed by atoms with van der Waals surface area (Å²) in [7, 11) is -1.67. The number of carboxylic acid groups (broad SMARTS) is 1. The van der Waals surface area contributed by atoms with Crippen LogP contribution in [0.4, 0.5) is 0 Å². The normalized spacial score (nSPS) is 40.8. The quantitative estimate of drug-likeness (QED) is 0.159. The zero-order valence-corrected chi connectivity index (χ0v) is 41.5. The molecular weight excluding hydrogens is 745 g/mol. The molecule has 0 bridgehead atoms. The summed E-state index contributed by atoms with van der Waals surface area (Å²) >= 11 is 0. The molecule has 7 aliphatic carbocycles. The van der Waals surface area contributed by atoms with E-state index in [0.29, 0.717) is 70.2 Å². The predicted octanol–water partition coefficient (Wildman–Crippen LogP) is 13.8. The van der Waals surface area contributed by atoms with Gasteiger partial charge in [0.05, 0.1) is 0 Å². The van der Waals surface area contributed by atoms with Gasteiger partial charge in [-0.15, -0.1) is 0 Å². The van der Waals surface area contributed by atoms with Crippen molar-refractivity contribution in [3.05, 3.63) is 34.9 Å². The van der Waals surface area contributed by atoms with Gasteiger partial charge in [0, 0.05) is 26.2 Å². The van der Waals surface area contributed by atoms with Crippen LogP contribution in [0.1, 0.15) is 179 Å². The number of hydrogen-bond acceptors (Lipinski definition) is 4. The zero-order valence-electron chi connectivity index (χ0n) is 40.5. The Kier molecular flexibility index (Phi) is 15.9. The van der Waals surface area contributed by atoms with Crippen molar-refractivity contribution in [2.45, 2.75) is 203 Å². The van der Waals surface area contributed by atoms with E-state index in [0.717, 1.165) is 36.5 Å². The number of aliphatic hydroxyl groups excluding tert-OH is 2. The molecule has 0 aromatic heterocycles. The first-order valence-electron chi connectivity index (χ1n) is 24.7. The van der Waals surface area contributed by atoms with Crippen LogP contribution in [-0.2, 0) is 9.22 Å². The highest BCUT2D eigenvalue weighted by Gasteiger charge is 2.63. The van der Waals surface area contributed by atoms with Gasteiger partial charge in [-0.1, -0.05) is 104 Å². The number of allylic oxidation sites excluding steroid dienone is 6. The summed E-state index contributed by atoms with van der Waals surface area (Å²) in [5, 5.41) is 27.2. The van der Waals surface area contributed by atoms with Gasteiger partial charge < -0.3 is 19.7 Å². The lowest BCUT2D eigenvalue weighted by Crippen LogP contribution is -2.43. The van der Waals surface area contributed by atoms with Crippen LogP contribution in [0.25, 0.3) is 0 Å². The summed E-state index contributed by atoms with van der Waals surface area (Å²) in [4.78, 5) is 9.00. The molecule has 6 heteroatoms. The molecule has 0 aromatic carbocycles. The molecule has 0 spiro atoms. The molecular formula is C53H92O5Si. The molecule has 0 aromatic rings. The molecule has 338 valence electrons. The highest BCUT2D eigenvalue weighted by atomic mass is 28.4. The highest BCUT2D eigenvalue weighted by molar-refractivity contribution is 6.74. The van der Waals surface area contributed by atoms with Gasteiger partial charge in [-0.2, -0.15) is 0 Å². The molecule has 5 nitrogen and oxygen atoms in total. The Morgan fingerprint density at radius 1 is 0.814 bits per heavy atom. The minimum absolute atomic E-state index is 0.303. The molecule has 7 saturated carbocycles. The first-order chi connectivity index (χ1) is 27.5. The van der Waals surface area contributed by atoms with E-state index in [1.54, 1.807) is 16.7 Å². The fourth-order valence-corrected chi connectivity index (χ4v) is 15.9. The van der Waals surface area contributed by atoms with Gasteiger partial charge in [-0.05, 0) is 196 Å². The maximum Gasteiger partial charge on any atom is 0.300 e. The molecule has 7 fully saturated rings. The third-order valence-electron chi connectivity index (χ3n) is 18.7. The fourth-order valence-electron chi connectivity index (χ4n) is 14.6. The second kappa shape index (κ2) is 19.3. The van der Waals surface area contributed by atoms with Crippen molar-refractivity contribution in [2.75, 3.05) is 13.2 Å². The lowest BCUT2D eigenvalue weighted by Gasteiger charge is -2.44. The summed E-state index contributed by atoms with van der Waals surface area (Å²) in [5.41, 5.74) is 6.55. The average molecular weight is 837 g/mol. The molecule has 0 amide bonds.